The first-order valence-electron chi connectivity index (χ1n) is 11.4. The summed E-state index contributed by atoms with van der Waals surface area (Å²) in [7, 11) is 0. The SMILES string of the molecule is [Pt+4].[c-]1ccccc1C1C=CC2=C([N-]1)N1C3=C(C=CC(c4[c-]cccc4)[N-]3)Cc3cccc(c31)C2. The van der Waals surface area contributed by atoms with Gasteiger partial charge < -0.3 is 15.5 Å². The Morgan fingerprint density at radius 1 is 0.676 bits per heavy atom. The topological polar surface area (TPSA) is 31.4 Å². The normalized spacial score (nSPS) is 21.6. The summed E-state index contributed by atoms with van der Waals surface area (Å²) in [6.07, 6.45) is 10.7. The molecule has 2 atom stereocenters. The van der Waals surface area contributed by atoms with Crippen LogP contribution in [0.1, 0.15) is 34.3 Å². The van der Waals surface area contributed by atoms with Crippen molar-refractivity contribution in [2.75, 3.05) is 4.90 Å². The predicted octanol–water partition coefficient (Wildman–Crippen LogP) is 7.00. The van der Waals surface area contributed by atoms with E-state index in [4.69, 9.17) is 10.6 Å². The minimum absolute atomic E-state index is 0. The smallest absolute Gasteiger partial charge is 0.456 e. The fourth-order valence-electron chi connectivity index (χ4n) is 5.23. The fourth-order valence-corrected chi connectivity index (χ4v) is 5.23. The second-order valence-corrected chi connectivity index (χ2v) is 8.81. The molecule has 0 N–H and O–H groups in total. The molecule has 0 radical (unpaired) electrons. The summed E-state index contributed by atoms with van der Waals surface area (Å²) in [6.45, 7) is 0. The first-order chi connectivity index (χ1) is 16.3. The van der Waals surface area contributed by atoms with Crippen LogP contribution >= 0.6 is 0 Å². The summed E-state index contributed by atoms with van der Waals surface area (Å²) in [4.78, 5) is 2.32. The molecule has 0 amide bonds. The van der Waals surface area contributed by atoms with Gasteiger partial charge in [-0.2, -0.15) is 71.8 Å². The molecule has 0 fully saturated rings. The second-order valence-electron chi connectivity index (χ2n) is 8.81. The zero-order valence-electron chi connectivity index (χ0n) is 18.4. The van der Waals surface area contributed by atoms with Gasteiger partial charge in [0.25, 0.3) is 0 Å². The van der Waals surface area contributed by atoms with Crippen molar-refractivity contribution >= 4 is 5.69 Å². The summed E-state index contributed by atoms with van der Waals surface area (Å²) in [5, 5.41) is 10.5. The van der Waals surface area contributed by atoms with E-state index in [0.717, 1.165) is 35.6 Å². The molecule has 0 saturated heterocycles. The first-order valence-corrected chi connectivity index (χ1v) is 11.4. The van der Waals surface area contributed by atoms with Gasteiger partial charge in [-0.05, 0) is 52.9 Å². The van der Waals surface area contributed by atoms with Crippen LogP contribution in [0.25, 0.3) is 10.6 Å². The predicted molar refractivity (Wildman–Crippen MR) is 131 cm³/mol. The molecule has 7 rings (SSSR count). The third-order valence-corrected chi connectivity index (χ3v) is 6.77. The number of hydrogen-bond acceptors (Lipinski definition) is 1. The van der Waals surface area contributed by atoms with Gasteiger partial charge in [0.05, 0.1) is 0 Å². The molecule has 4 aliphatic heterocycles. The summed E-state index contributed by atoms with van der Waals surface area (Å²) < 4.78 is 0. The Balaban J connectivity index is 0.00000217. The van der Waals surface area contributed by atoms with Crippen LogP contribution in [0.4, 0.5) is 5.69 Å². The van der Waals surface area contributed by atoms with Gasteiger partial charge in [-0.15, -0.1) is 0 Å². The van der Waals surface area contributed by atoms with E-state index in [0.29, 0.717) is 0 Å². The van der Waals surface area contributed by atoms with Crippen LogP contribution in [0.5, 0.6) is 0 Å². The molecule has 4 aliphatic rings. The number of hydrogen-bond donors (Lipinski definition) is 0. The summed E-state index contributed by atoms with van der Waals surface area (Å²) in [5.41, 5.74) is 8.61. The molecule has 0 aliphatic carbocycles. The number of benzene rings is 3. The third kappa shape index (κ3) is 3.38. The summed E-state index contributed by atoms with van der Waals surface area (Å²) in [6, 6.07) is 29.5. The van der Waals surface area contributed by atoms with E-state index in [2.05, 4.69) is 83.8 Å². The Morgan fingerprint density at radius 3 is 1.68 bits per heavy atom. The Morgan fingerprint density at radius 2 is 1.21 bits per heavy atom. The zero-order valence-corrected chi connectivity index (χ0v) is 20.7. The molecular formula is C30H21N3Pt. The minimum atomic E-state index is -0.0398. The number of fused-ring (bicyclic) bond motifs is 2. The molecule has 2 unspecified atom stereocenters. The Kier molecular flexibility index (Phi) is 5.31. The van der Waals surface area contributed by atoms with Crippen LogP contribution < -0.4 is 4.90 Å². The maximum absolute atomic E-state index is 5.25. The molecule has 4 heterocycles. The van der Waals surface area contributed by atoms with Gasteiger partial charge in [0, 0.05) is 0 Å². The van der Waals surface area contributed by atoms with Crippen molar-refractivity contribution in [1.82, 2.24) is 0 Å². The van der Waals surface area contributed by atoms with Crippen molar-refractivity contribution in [1.29, 1.82) is 0 Å². The van der Waals surface area contributed by atoms with Crippen molar-refractivity contribution in [3.05, 3.63) is 159 Å². The van der Waals surface area contributed by atoms with Gasteiger partial charge in [0.1, 0.15) is 0 Å². The van der Waals surface area contributed by atoms with Gasteiger partial charge in [-0.25, -0.2) is 0 Å². The van der Waals surface area contributed by atoms with Crippen LogP contribution in [-0.2, 0) is 33.9 Å². The van der Waals surface area contributed by atoms with Gasteiger partial charge in [0.15, 0.2) is 0 Å². The molecule has 0 bridgehead atoms. The largest absolute Gasteiger partial charge is 4.00 e. The number of nitrogens with zero attached hydrogens (tertiary/aromatic N) is 3. The van der Waals surface area contributed by atoms with Crippen LogP contribution in [0.2, 0.25) is 0 Å². The molecule has 3 aromatic rings. The van der Waals surface area contributed by atoms with E-state index in [9.17, 15) is 0 Å². The molecule has 166 valence electrons. The molecule has 0 aromatic heterocycles. The standard InChI is InChI=1S/C30H21N3.Pt/c1-3-8-20(9-4-1)26-16-14-24-18-22-12-7-13-23-19-25-15-17-27(21-10-5-2-6-11-21)32-30(25)33(28(22)23)29(24)31-26;/h1-8,10,12-17,26-27H,18-19H2;/q-4;+4. The van der Waals surface area contributed by atoms with E-state index in [1.165, 1.54) is 28.0 Å². The van der Waals surface area contributed by atoms with Gasteiger partial charge in [-0.3, -0.25) is 0 Å². The van der Waals surface area contributed by atoms with E-state index in [1.54, 1.807) is 0 Å². The van der Waals surface area contributed by atoms with Crippen LogP contribution in [0, 0.1) is 12.1 Å². The van der Waals surface area contributed by atoms with E-state index in [1.807, 2.05) is 24.3 Å². The number of para-hydroxylation sites is 1. The molecule has 3 nitrogen and oxygen atoms in total. The van der Waals surface area contributed by atoms with E-state index in [-0.39, 0.29) is 33.1 Å². The van der Waals surface area contributed by atoms with E-state index >= 15 is 0 Å². The molecular weight excluding hydrogens is 597 g/mol. The van der Waals surface area contributed by atoms with Crippen LogP contribution in [-0.4, -0.2) is 0 Å². The van der Waals surface area contributed by atoms with E-state index < -0.39 is 0 Å². The molecule has 4 heteroatoms. The molecule has 0 spiro atoms. The minimum Gasteiger partial charge on any atom is -0.456 e. The number of anilines is 1. The van der Waals surface area contributed by atoms with Crippen molar-refractivity contribution in [2.45, 2.75) is 24.9 Å². The van der Waals surface area contributed by atoms with Crippen LogP contribution in [0.3, 0.4) is 0 Å². The monoisotopic (exact) mass is 618 g/mol. The summed E-state index contributed by atoms with van der Waals surface area (Å²) in [5.74, 6) is 2.03. The summed E-state index contributed by atoms with van der Waals surface area (Å²) >= 11 is 0. The Labute approximate surface area is 214 Å². The van der Waals surface area contributed by atoms with Gasteiger partial charge in [0.2, 0.25) is 0 Å². The quantitative estimate of drug-likeness (QED) is 0.285. The van der Waals surface area contributed by atoms with Crippen molar-refractivity contribution in [2.24, 2.45) is 0 Å². The number of rotatable bonds is 2. The van der Waals surface area contributed by atoms with Gasteiger partial charge >= 0.3 is 21.1 Å². The fraction of sp³-hybridized carbons (Fsp3) is 0.133. The Bertz CT molecular complexity index is 1270. The number of allylic oxidation sites excluding steroid dienone is 4. The van der Waals surface area contributed by atoms with Crippen LogP contribution in [0.15, 0.2) is 114 Å². The third-order valence-electron chi connectivity index (χ3n) is 6.77. The Hall–Kier alpha value is -3.29. The molecule has 34 heavy (non-hydrogen) atoms. The molecule has 3 aromatic carbocycles. The maximum atomic E-state index is 5.25. The van der Waals surface area contributed by atoms with Crippen molar-refractivity contribution in [3.63, 3.8) is 0 Å². The van der Waals surface area contributed by atoms with Gasteiger partial charge in [-0.1, -0.05) is 54.1 Å². The van der Waals surface area contributed by atoms with Crippen molar-refractivity contribution < 1.29 is 21.1 Å². The average molecular weight is 619 g/mol. The first kappa shape index (κ1) is 21.3. The zero-order chi connectivity index (χ0) is 21.8. The molecule has 0 saturated carbocycles. The van der Waals surface area contributed by atoms with Crippen molar-refractivity contribution in [3.8, 4) is 0 Å². The maximum Gasteiger partial charge on any atom is 4.00 e. The average Bonchev–Trinajstić information content (AvgIpc) is 2.89. The second kappa shape index (κ2) is 8.49.